The predicted molar refractivity (Wildman–Crippen MR) is 267 cm³/mol. The molecule has 0 bridgehead atoms. The van der Waals surface area contributed by atoms with Crippen molar-refractivity contribution in [3.8, 4) is 22.3 Å². The van der Waals surface area contributed by atoms with Crippen LogP contribution in [0.1, 0.15) is 0 Å². The number of hydrogen-bond acceptors (Lipinski definition) is 3. The Morgan fingerprint density at radius 3 is 1.45 bits per heavy atom. The molecule has 10 aromatic carbocycles. The molecular weight excluding hydrogens is 799 g/mol. The van der Waals surface area contributed by atoms with Crippen molar-refractivity contribution in [3.05, 3.63) is 249 Å². The Bertz CT molecular complexity index is 3540. The largest absolute Gasteiger partial charge is 0.456 e. The number of anilines is 3. The Balaban J connectivity index is 1.07. The topological polar surface area (TPSA) is 29.5 Å². The van der Waals surface area contributed by atoms with Crippen LogP contribution in [0.15, 0.2) is 277 Å². The molecule has 3 nitrogen and oxygen atoms in total. The van der Waals surface area contributed by atoms with Crippen molar-refractivity contribution in [3.63, 3.8) is 0 Å². The molecule has 64 heavy (non-hydrogen) atoms. The van der Waals surface area contributed by atoms with Crippen LogP contribution >= 0.6 is 10.0 Å². The summed E-state index contributed by atoms with van der Waals surface area (Å²) in [7, 11) is -2.02. The number of hydrogen-bond donors (Lipinski definition) is 0. The highest BCUT2D eigenvalue weighted by atomic mass is 32.3. The number of rotatable bonds is 9. The Hall–Kier alpha value is -8.05. The van der Waals surface area contributed by atoms with Crippen LogP contribution in [0.25, 0.3) is 66.1 Å². The average molecular weight is 840 g/mol. The van der Waals surface area contributed by atoms with Gasteiger partial charge in [-0.25, -0.2) is 0 Å². The molecule has 12 rings (SSSR count). The minimum absolute atomic E-state index is 0.839. The van der Waals surface area contributed by atoms with Crippen molar-refractivity contribution in [2.45, 2.75) is 19.6 Å². The second-order valence-electron chi connectivity index (χ2n) is 16.0. The van der Waals surface area contributed by atoms with Gasteiger partial charge in [0.25, 0.3) is 0 Å². The van der Waals surface area contributed by atoms with Gasteiger partial charge in [-0.1, -0.05) is 158 Å². The maximum atomic E-state index is 7.05. The molecule has 0 unspecified atom stereocenters. The molecule has 0 amide bonds. The summed E-state index contributed by atoms with van der Waals surface area (Å²) in [5.74, 6) is 0. The lowest BCUT2D eigenvalue weighted by atomic mass is 10.0. The lowest BCUT2D eigenvalue weighted by molar-refractivity contribution is 0.668. The predicted octanol–water partition coefficient (Wildman–Crippen LogP) is 17.6. The Kier molecular flexibility index (Phi) is 9.24. The zero-order chi connectivity index (χ0) is 42.5. The van der Waals surface area contributed by atoms with Crippen LogP contribution in [-0.4, -0.2) is 0 Å². The van der Waals surface area contributed by atoms with Gasteiger partial charge < -0.3 is 13.7 Å². The fourth-order valence-electron chi connectivity index (χ4n) is 9.45. The number of nitrogens with zero attached hydrogens (tertiary/aromatic N) is 1. The first-order valence-corrected chi connectivity index (χ1v) is 23.3. The third-order valence-electron chi connectivity index (χ3n) is 12.4. The summed E-state index contributed by atoms with van der Waals surface area (Å²) in [4.78, 5) is 7.34. The second kappa shape index (κ2) is 15.7. The molecule has 0 spiro atoms. The summed E-state index contributed by atoms with van der Waals surface area (Å²) in [5.41, 5.74) is 11.1. The molecule has 0 fully saturated rings. The van der Waals surface area contributed by atoms with Gasteiger partial charge in [-0.2, -0.15) is 0 Å². The van der Waals surface area contributed by atoms with Crippen molar-refractivity contribution >= 4 is 71.0 Å². The van der Waals surface area contributed by atoms with Crippen LogP contribution in [0.4, 0.5) is 17.1 Å². The standard InChI is InChI=1S/C60H41NO2S/c1-5-17-42(18-6-1)43-31-33-45(34-32-43)61(56-29-16-28-54-53-27-15-26-51(59(53)63-60(54)56)44-19-7-2-8-20-44)46-35-37-49(38-36-46)64(47-21-9-3-10-22-47,48-23-11-4-12-24-48)50-39-40-58-55(41-50)52-25-13-14-30-57(52)62-58/h1-41H. The minimum atomic E-state index is -2.02. The van der Waals surface area contributed by atoms with Gasteiger partial charge in [0.15, 0.2) is 5.58 Å². The van der Waals surface area contributed by atoms with Crippen LogP contribution in [0.2, 0.25) is 0 Å². The molecule has 0 radical (unpaired) electrons. The molecule has 2 aromatic heterocycles. The smallest absolute Gasteiger partial charge is 0.159 e. The lowest BCUT2D eigenvalue weighted by Gasteiger charge is -2.42. The Morgan fingerprint density at radius 1 is 0.297 bits per heavy atom. The number of para-hydroxylation sites is 3. The van der Waals surface area contributed by atoms with Crippen molar-refractivity contribution in [1.82, 2.24) is 0 Å². The van der Waals surface area contributed by atoms with E-state index in [-0.39, 0.29) is 0 Å². The van der Waals surface area contributed by atoms with E-state index in [1.165, 1.54) is 25.1 Å². The molecule has 0 saturated heterocycles. The van der Waals surface area contributed by atoms with Gasteiger partial charge in [0.1, 0.15) is 16.7 Å². The van der Waals surface area contributed by atoms with E-state index >= 15 is 0 Å². The minimum Gasteiger partial charge on any atom is -0.456 e. The van der Waals surface area contributed by atoms with E-state index in [4.69, 9.17) is 8.83 Å². The molecule has 0 atom stereocenters. The highest BCUT2D eigenvalue weighted by molar-refractivity contribution is 8.34. The van der Waals surface area contributed by atoms with Gasteiger partial charge in [-0.3, -0.25) is 0 Å². The molecular formula is C60H41NO2S. The van der Waals surface area contributed by atoms with E-state index in [9.17, 15) is 0 Å². The Morgan fingerprint density at radius 2 is 0.781 bits per heavy atom. The number of furan rings is 2. The summed E-state index contributed by atoms with van der Waals surface area (Å²) in [5, 5.41) is 4.41. The van der Waals surface area contributed by atoms with Crippen LogP contribution in [0.5, 0.6) is 0 Å². The monoisotopic (exact) mass is 839 g/mol. The van der Waals surface area contributed by atoms with E-state index in [1.807, 2.05) is 6.07 Å². The van der Waals surface area contributed by atoms with Gasteiger partial charge in [0.05, 0.1) is 5.69 Å². The molecule has 0 aliphatic rings. The van der Waals surface area contributed by atoms with E-state index in [2.05, 4.69) is 248 Å². The summed E-state index contributed by atoms with van der Waals surface area (Å²) < 4.78 is 13.4. The molecule has 0 N–H and O–H groups in total. The first-order valence-electron chi connectivity index (χ1n) is 21.6. The fraction of sp³-hybridized carbons (Fsp3) is 0. The first kappa shape index (κ1) is 37.7. The molecule has 0 saturated carbocycles. The van der Waals surface area contributed by atoms with Crippen molar-refractivity contribution in [2.24, 2.45) is 0 Å². The average Bonchev–Trinajstić information content (AvgIpc) is 3.95. The van der Waals surface area contributed by atoms with Gasteiger partial charge in [-0.05, 0) is 108 Å². The SMILES string of the molecule is c1ccc(-c2ccc(N(c3ccc(S(c4ccccc4)(c4ccccc4)c4ccc5oc6ccccc6c5c4)cc3)c3cccc4c3oc3c(-c5ccccc5)cccc34)cc2)cc1. The van der Waals surface area contributed by atoms with Crippen LogP contribution < -0.4 is 4.90 Å². The lowest BCUT2D eigenvalue weighted by Crippen LogP contribution is -2.11. The van der Waals surface area contributed by atoms with E-state index in [0.717, 1.165) is 77.6 Å². The van der Waals surface area contributed by atoms with E-state index in [0.29, 0.717) is 0 Å². The summed E-state index contributed by atoms with van der Waals surface area (Å²) in [6.45, 7) is 0. The molecule has 2 heterocycles. The van der Waals surface area contributed by atoms with Crippen molar-refractivity contribution < 1.29 is 8.83 Å². The maximum absolute atomic E-state index is 7.05. The highest BCUT2D eigenvalue weighted by Crippen LogP contribution is 2.73. The van der Waals surface area contributed by atoms with Crippen molar-refractivity contribution in [1.29, 1.82) is 0 Å². The third-order valence-corrected chi connectivity index (χ3v) is 16.3. The van der Waals surface area contributed by atoms with E-state index in [1.54, 1.807) is 0 Å². The molecule has 4 heteroatoms. The van der Waals surface area contributed by atoms with Gasteiger partial charge in [-0.15, -0.1) is 10.0 Å². The maximum Gasteiger partial charge on any atom is 0.159 e. The van der Waals surface area contributed by atoms with Crippen LogP contribution in [0.3, 0.4) is 0 Å². The normalized spacial score (nSPS) is 12.0. The van der Waals surface area contributed by atoms with Gasteiger partial charge in [0.2, 0.25) is 0 Å². The molecule has 0 aliphatic carbocycles. The van der Waals surface area contributed by atoms with E-state index < -0.39 is 10.0 Å². The molecule has 304 valence electrons. The van der Waals surface area contributed by atoms with Gasteiger partial charge >= 0.3 is 0 Å². The van der Waals surface area contributed by atoms with Gasteiger partial charge in [0, 0.05) is 58.1 Å². The fourth-order valence-corrected chi connectivity index (χ4v) is 13.3. The Labute approximate surface area is 373 Å². The van der Waals surface area contributed by atoms with Crippen molar-refractivity contribution in [2.75, 3.05) is 4.90 Å². The summed E-state index contributed by atoms with van der Waals surface area (Å²) in [6.07, 6.45) is 0. The first-order chi connectivity index (χ1) is 31.7. The number of benzene rings is 10. The summed E-state index contributed by atoms with van der Waals surface area (Å²) >= 11 is 0. The molecule has 0 aliphatic heterocycles. The molecule has 12 aromatic rings. The van der Waals surface area contributed by atoms with Crippen LogP contribution in [0, 0.1) is 0 Å². The zero-order valence-corrected chi connectivity index (χ0v) is 35.7. The zero-order valence-electron chi connectivity index (χ0n) is 34.8. The third kappa shape index (κ3) is 6.22. The summed E-state index contributed by atoms with van der Waals surface area (Å²) in [6, 6.07) is 89.4. The quantitative estimate of drug-likeness (QED) is 0.145. The van der Waals surface area contributed by atoms with Crippen LogP contribution in [-0.2, 0) is 0 Å². The highest BCUT2D eigenvalue weighted by Gasteiger charge is 2.34. The number of fused-ring (bicyclic) bond motifs is 6. The second-order valence-corrected chi connectivity index (χ2v) is 19.2.